The second kappa shape index (κ2) is 11.5. The number of hydrogen-bond acceptors (Lipinski definition) is 6. The Balaban J connectivity index is 1.38. The predicted molar refractivity (Wildman–Crippen MR) is 135 cm³/mol. The van der Waals surface area contributed by atoms with Gasteiger partial charge in [-0.15, -0.1) is 11.3 Å². The molecule has 0 spiro atoms. The van der Waals surface area contributed by atoms with E-state index in [4.69, 9.17) is 9.47 Å². The van der Waals surface area contributed by atoms with Crippen molar-refractivity contribution in [1.82, 2.24) is 15.2 Å². The van der Waals surface area contributed by atoms with Crippen molar-refractivity contribution in [3.63, 3.8) is 0 Å². The van der Waals surface area contributed by atoms with E-state index in [0.29, 0.717) is 30.2 Å². The lowest BCUT2D eigenvalue weighted by Crippen LogP contribution is -2.38. The molecule has 1 fully saturated rings. The van der Waals surface area contributed by atoms with Crippen LogP contribution in [-0.2, 0) is 19.7 Å². The largest absolute Gasteiger partial charge is 0.493 e. The molecule has 7 heteroatoms. The molecule has 0 aliphatic carbocycles. The molecule has 1 aliphatic heterocycles. The standard InChI is InChI=1S/C27H33N3O3S/c1-19-10-20(2)14-30(13-19)15-23-7-5-4-6-22(23)12-28-27(31)21-8-9-25(26(11-21)32-3)33-16-24-17-34-18-29-24/h4-9,11,17-20H,10,12-16H2,1-3H3,(H,28,31). The summed E-state index contributed by atoms with van der Waals surface area (Å²) in [5.41, 5.74) is 5.59. The number of likely N-dealkylation sites (tertiary alicyclic amines) is 1. The number of thiazole rings is 1. The maximum Gasteiger partial charge on any atom is 0.251 e. The van der Waals surface area contributed by atoms with Crippen molar-refractivity contribution in [1.29, 1.82) is 0 Å². The molecule has 0 radical (unpaired) electrons. The number of nitrogens with one attached hydrogen (secondary N) is 1. The Hall–Kier alpha value is -2.90. The second-order valence-electron chi connectivity index (χ2n) is 9.23. The van der Waals surface area contributed by atoms with Crippen molar-refractivity contribution in [2.24, 2.45) is 11.8 Å². The van der Waals surface area contributed by atoms with Crippen molar-refractivity contribution >= 4 is 17.2 Å². The fourth-order valence-corrected chi connectivity index (χ4v) is 5.26. The Morgan fingerprint density at radius 2 is 1.88 bits per heavy atom. The van der Waals surface area contributed by atoms with E-state index in [1.165, 1.54) is 23.3 Å². The number of hydrogen-bond donors (Lipinski definition) is 1. The molecule has 1 aromatic heterocycles. The summed E-state index contributed by atoms with van der Waals surface area (Å²) in [6.45, 7) is 8.68. The average Bonchev–Trinajstić information content (AvgIpc) is 3.35. The molecule has 1 N–H and O–H groups in total. The highest BCUT2D eigenvalue weighted by molar-refractivity contribution is 7.07. The van der Waals surface area contributed by atoms with Crippen molar-refractivity contribution < 1.29 is 14.3 Å². The van der Waals surface area contributed by atoms with Gasteiger partial charge in [0.1, 0.15) is 6.61 Å². The van der Waals surface area contributed by atoms with E-state index >= 15 is 0 Å². The van der Waals surface area contributed by atoms with Crippen LogP contribution in [0, 0.1) is 11.8 Å². The monoisotopic (exact) mass is 479 g/mol. The number of amides is 1. The van der Waals surface area contributed by atoms with E-state index in [2.05, 4.69) is 47.2 Å². The lowest BCUT2D eigenvalue weighted by Gasteiger charge is -2.35. The highest BCUT2D eigenvalue weighted by atomic mass is 32.1. The van der Waals surface area contributed by atoms with Crippen LogP contribution in [0.25, 0.3) is 0 Å². The first-order chi connectivity index (χ1) is 16.5. The Bertz CT molecular complexity index is 1080. The van der Waals surface area contributed by atoms with Crippen LogP contribution in [0.4, 0.5) is 0 Å². The van der Waals surface area contributed by atoms with Crippen LogP contribution in [0.3, 0.4) is 0 Å². The minimum absolute atomic E-state index is 0.139. The highest BCUT2D eigenvalue weighted by Gasteiger charge is 2.22. The van der Waals surface area contributed by atoms with Crippen LogP contribution in [0.1, 0.15) is 47.4 Å². The summed E-state index contributed by atoms with van der Waals surface area (Å²) in [5.74, 6) is 2.41. The van der Waals surface area contributed by atoms with Gasteiger partial charge in [-0.3, -0.25) is 9.69 Å². The smallest absolute Gasteiger partial charge is 0.251 e. The fraction of sp³-hybridized carbons (Fsp3) is 0.407. The van der Waals surface area contributed by atoms with Gasteiger partial charge in [0, 0.05) is 37.1 Å². The molecule has 180 valence electrons. The topological polar surface area (TPSA) is 63.7 Å². The molecule has 6 nitrogen and oxygen atoms in total. The van der Waals surface area contributed by atoms with Gasteiger partial charge < -0.3 is 14.8 Å². The molecule has 2 atom stereocenters. The molecule has 0 bridgehead atoms. The van der Waals surface area contributed by atoms with E-state index in [9.17, 15) is 4.79 Å². The summed E-state index contributed by atoms with van der Waals surface area (Å²) in [5, 5.41) is 5.02. The number of aromatic nitrogens is 1. The quantitative estimate of drug-likeness (QED) is 0.460. The predicted octanol–water partition coefficient (Wildman–Crippen LogP) is 5.14. The molecule has 4 rings (SSSR count). The van der Waals surface area contributed by atoms with Gasteiger partial charge in [-0.1, -0.05) is 38.1 Å². The third-order valence-electron chi connectivity index (χ3n) is 6.18. The zero-order chi connectivity index (χ0) is 23.9. The van der Waals surface area contributed by atoms with E-state index in [0.717, 1.165) is 42.7 Å². The zero-order valence-electron chi connectivity index (χ0n) is 20.1. The van der Waals surface area contributed by atoms with Gasteiger partial charge >= 0.3 is 0 Å². The number of carbonyl (C=O) groups excluding carboxylic acids is 1. The lowest BCUT2D eigenvalue weighted by molar-refractivity contribution is 0.0950. The summed E-state index contributed by atoms with van der Waals surface area (Å²) in [6.07, 6.45) is 1.30. The van der Waals surface area contributed by atoms with Crippen molar-refractivity contribution in [3.8, 4) is 11.5 Å². The summed E-state index contributed by atoms with van der Waals surface area (Å²) >= 11 is 1.53. The van der Waals surface area contributed by atoms with E-state index in [1.54, 1.807) is 30.8 Å². The molecular formula is C27H33N3O3S. The molecule has 1 amide bonds. The molecule has 1 aliphatic rings. The molecular weight excluding hydrogens is 446 g/mol. The Labute approximate surface area is 205 Å². The third kappa shape index (κ3) is 6.36. The van der Waals surface area contributed by atoms with Gasteiger partial charge in [0.15, 0.2) is 11.5 Å². The number of benzene rings is 2. The summed E-state index contributed by atoms with van der Waals surface area (Å²) in [7, 11) is 1.57. The van der Waals surface area contributed by atoms with Crippen molar-refractivity contribution in [3.05, 3.63) is 75.7 Å². The average molecular weight is 480 g/mol. The minimum atomic E-state index is -0.139. The molecule has 1 saturated heterocycles. The van der Waals surface area contributed by atoms with E-state index in [1.807, 2.05) is 11.4 Å². The number of piperidine rings is 1. The first kappa shape index (κ1) is 24.2. The van der Waals surface area contributed by atoms with Crippen LogP contribution in [-0.4, -0.2) is 36.0 Å². The number of methoxy groups -OCH3 is 1. The van der Waals surface area contributed by atoms with Gasteiger partial charge in [0.2, 0.25) is 0 Å². The molecule has 0 saturated carbocycles. The van der Waals surface area contributed by atoms with Crippen LogP contribution in [0.5, 0.6) is 11.5 Å². The third-order valence-corrected chi connectivity index (χ3v) is 6.82. The van der Waals surface area contributed by atoms with Crippen LogP contribution >= 0.6 is 11.3 Å². The number of carbonyl (C=O) groups is 1. The lowest BCUT2D eigenvalue weighted by atomic mass is 9.91. The first-order valence-electron chi connectivity index (χ1n) is 11.8. The molecule has 2 unspecified atom stereocenters. The minimum Gasteiger partial charge on any atom is -0.493 e. The maximum atomic E-state index is 12.9. The van der Waals surface area contributed by atoms with Gasteiger partial charge in [0.25, 0.3) is 5.91 Å². The van der Waals surface area contributed by atoms with Gasteiger partial charge in [-0.25, -0.2) is 4.98 Å². The zero-order valence-corrected chi connectivity index (χ0v) is 20.9. The Kier molecular flexibility index (Phi) is 8.19. The SMILES string of the molecule is COc1cc(C(=O)NCc2ccccc2CN2CC(C)CC(C)C2)ccc1OCc1cscn1. The number of nitrogens with zero attached hydrogens (tertiary/aromatic N) is 2. The Morgan fingerprint density at radius 3 is 2.59 bits per heavy atom. The van der Waals surface area contributed by atoms with Gasteiger partial charge in [-0.05, 0) is 47.6 Å². The molecule has 2 heterocycles. The van der Waals surface area contributed by atoms with Crippen molar-refractivity contribution in [2.75, 3.05) is 20.2 Å². The fourth-order valence-electron chi connectivity index (χ4n) is 4.71. The first-order valence-corrected chi connectivity index (χ1v) is 12.7. The number of rotatable bonds is 9. The van der Waals surface area contributed by atoms with Crippen LogP contribution in [0.15, 0.2) is 53.4 Å². The molecule has 34 heavy (non-hydrogen) atoms. The van der Waals surface area contributed by atoms with Crippen LogP contribution < -0.4 is 14.8 Å². The van der Waals surface area contributed by atoms with E-state index < -0.39 is 0 Å². The summed E-state index contributed by atoms with van der Waals surface area (Å²) in [4.78, 5) is 19.7. The second-order valence-corrected chi connectivity index (χ2v) is 9.94. The maximum absolute atomic E-state index is 12.9. The normalized spacial score (nSPS) is 18.4. The van der Waals surface area contributed by atoms with Gasteiger partial charge in [-0.2, -0.15) is 0 Å². The van der Waals surface area contributed by atoms with E-state index in [-0.39, 0.29) is 5.91 Å². The van der Waals surface area contributed by atoms with Gasteiger partial charge in [0.05, 0.1) is 18.3 Å². The summed E-state index contributed by atoms with van der Waals surface area (Å²) < 4.78 is 11.3. The number of ether oxygens (including phenoxy) is 2. The van der Waals surface area contributed by atoms with Crippen molar-refractivity contribution in [2.45, 2.75) is 40.0 Å². The molecule has 2 aromatic carbocycles. The summed E-state index contributed by atoms with van der Waals surface area (Å²) in [6, 6.07) is 13.6. The Morgan fingerprint density at radius 1 is 1.12 bits per heavy atom. The highest BCUT2D eigenvalue weighted by Crippen LogP contribution is 2.29. The van der Waals surface area contributed by atoms with Crippen LogP contribution in [0.2, 0.25) is 0 Å². The molecule has 3 aromatic rings.